The normalized spacial score (nSPS) is 14.2. The summed E-state index contributed by atoms with van der Waals surface area (Å²) >= 11 is 0. The lowest BCUT2D eigenvalue weighted by molar-refractivity contribution is -0.161. The molecule has 0 aromatic heterocycles. The fourth-order valence-corrected chi connectivity index (χ4v) is 12.8. The third-order valence-electron chi connectivity index (χ3n) is 17.3. The van der Waals surface area contributed by atoms with E-state index in [4.69, 9.17) is 37.0 Å². The molecule has 0 saturated carbocycles. The number of unbranched alkanes of at least 4 members (excludes halogenated alkanes) is 38. The van der Waals surface area contributed by atoms with Crippen LogP contribution in [0.2, 0.25) is 0 Å². The van der Waals surface area contributed by atoms with Crippen molar-refractivity contribution in [2.24, 2.45) is 17.8 Å². The summed E-state index contributed by atoms with van der Waals surface area (Å²) in [6, 6.07) is 0. The van der Waals surface area contributed by atoms with Crippen molar-refractivity contribution in [2.75, 3.05) is 39.6 Å². The van der Waals surface area contributed by atoms with Crippen LogP contribution in [0.15, 0.2) is 24.3 Å². The van der Waals surface area contributed by atoms with Crippen molar-refractivity contribution in [3.8, 4) is 0 Å². The van der Waals surface area contributed by atoms with Crippen molar-refractivity contribution in [1.82, 2.24) is 0 Å². The van der Waals surface area contributed by atoms with Gasteiger partial charge in [-0.25, -0.2) is 9.13 Å². The molecule has 3 N–H and O–H groups in total. The van der Waals surface area contributed by atoms with Gasteiger partial charge in [0.05, 0.1) is 26.4 Å². The molecule has 96 heavy (non-hydrogen) atoms. The van der Waals surface area contributed by atoms with Gasteiger partial charge >= 0.3 is 39.5 Å². The van der Waals surface area contributed by atoms with Crippen molar-refractivity contribution in [3.63, 3.8) is 0 Å². The van der Waals surface area contributed by atoms with E-state index in [9.17, 15) is 43.2 Å². The van der Waals surface area contributed by atoms with E-state index in [1.54, 1.807) is 0 Å². The number of hydrogen-bond donors (Lipinski definition) is 3. The Kier molecular flexibility index (Phi) is 65.3. The number of phosphoric acid groups is 2. The summed E-state index contributed by atoms with van der Waals surface area (Å²) in [5, 5.41) is 10.6. The first-order valence-corrected chi connectivity index (χ1v) is 42.2. The largest absolute Gasteiger partial charge is 0.472 e. The highest BCUT2D eigenvalue weighted by Crippen LogP contribution is 2.45. The molecule has 566 valence electrons. The molecule has 0 fully saturated rings. The molecular weight excluding hydrogens is 1260 g/mol. The van der Waals surface area contributed by atoms with E-state index in [1.165, 1.54) is 154 Å². The lowest BCUT2D eigenvalue weighted by Crippen LogP contribution is -2.30. The van der Waals surface area contributed by atoms with Crippen LogP contribution < -0.4 is 0 Å². The minimum atomic E-state index is -4.96. The highest BCUT2D eigenvalue weighted by atomic mass is 31.2. The first kappa shape index (κ1) is 93.5. The zero-order valence-corrected chi connectivity index (χ0v) is 64.1. The molecule has 17 nitrogen and oxygen atoms in total. The molecule has 0 rings (SSSR count). The Balaban J connectivity index is 5.19. The van der Waals surface area contributed by atoms with Gasteiger partial charge in [-0.3, -0.25) is 37.3 Å². The van der Waals surface area contributed by atoms with Crippen LogP contribution >= 0.6 is 15.6 Å². The molecule has 0 aliphatic heterocycles. The summed E-state index contributed by atoms with van der Waals surface area (Å²) < 4.78 is 68.4. The summed E-state index contributed by atoms with van der Waals surface area (Å²) in [5.41, 5.74) is 0. The van der Waals surface area contributed by atoms with E-state index in [-0.39, 0.29) is 25.7 Å². The molecule has 0 amide bonds. The van der Waals surface area contributed by atoms with Crippen LogP contribution in [0.4, 0.5) is 0 Å². The molecule has 3 unspecified atom stereocenters. The summed E-state index contributed by atoms with van der Waals surface area (Å²) in [6.45, 7) is 11.7. The summed E-state index contributed by atoms with van der Waals surface area (Å²) in [5.74, 6) is 0.0631. The minimum Gasteiger partial charge on any atom is -0.462 e. The van der Waals surface area contributed by atoms with Crippen LogP contribution in [-0.4, -0.2) is 96.7 Å². The predicted octanol–water partition coefficient (Wildman–Crippen LogP) is 22.1. The SMILES string of the molecule is CCCCCC/C=C\C=C/CCCCCCCC(=O)OC[C@H](COP(=O)(O)OCC(O)COP(=O)(O)OC[C@@H](COC(=O)CCCCCCCCCC(C)C)OC(=O)CCCCCCCCCCCCCCCCCCCCC(C)C)OC(=O)CCCCCCCCCC(C)C. The van der Waals surface area contributed by atoms with Gasteiger partial charge in [0.1, 0.15) is 19.3 Å². The number of phosphoric ester groups is 2. The molecule has 0 aliphatic carbocycles. The van der Waals surface area contributed by atoms with E-state index in [1.807, 2.05) is 0 Å². The van der Waals surface area contributed by atoms with Gasteiger partial charge in [-0.1, -0.05) is 317 Å². The van der Waals surface area contributed by atoms with E-state index >= 15 is 0 Å². The van der Waals surface area contributed by atoms with Crippen molar-refractivity contribution >= 4 is 39.5 Å². The zero-order chi connectivity index (χ0) is 70.9. The van der Waals surface area contributed by atoms with Crippen molar-refractivity contribution in [1.29, 1.82) is 0 Å². The summed E-state index contributed by atoms with van der Waals surface area (Å²) in [4.78, 5) is 72.7. The predicted molar refractivity (Wildman–Crippen MR) is 390 cm³/mol. The molecule has 19 heteroatoms. The first-order chi connectivity index (χ1) is 46.2. The second kappa shape index (κ2) is 67.1. The standard InChI is InChI=1S/C77H146O17P2/c1-8-9-10-11-12-13-14-15-20-24-27-30-37-44-51-58-74(79)87-64-73(94-77(82)61-54-47-40-33-36-43-50-57-70(6)7)67-92-96(85,86)90-63-71(78)62-89-95(83,84)91-66-72(65-88-75(80)59-52-45-39-32-35-42-49-56-69(4)5)93-76(81)60-53-46-38-31-28-25-22-19-17-16-18-21-23-26-29-34-41-48-55-68(2)3/h13-15,20,68-73,78H,8-12,16-19,21-67H2,1-7H3,(H,83,84)(H,85,86)/b14-13-,20-15-/t71?,72-,73-/m1/s1. The molecule has 5 atom stereocenters. The van der Waals surface area contributed by atoms with E-state index in [0.717, 1.165) is 121 Å². The topological polar surface area (TPSA) is 237 Å². The van der Waals surface area contributed by atoms with Crippen LogP contribution in [0.25, 0.3) is 0 Å². The second-order valence-corrected chi connectivity index (χ2v) is 31.4. The smallest absolute Gasteiger partial charge is 0.462 e. The number of aliphatic hydroxyl groups excluding tert-OH is 1. The number of hydrogen-bond acceptors (Lipinski definition) is 15. The summed E-state index contributed by atoms with van der Waals surface area (Å²) in [6.07, 6.45) is 56.6. The van der Waals surface area contributed by atoms with Crippen LogP contribution in [-0.2, 0) is 65.4 Å². The number of allylic oxidation sites excluding steroid dienone is 4. The quantitative estimate of drug-likeness (QED) is 0.0169. The van der Waals surface area contributed by atoms with E-state index in [2.05, 4.69) is 72.8 Å². The second-order valence-electron chi connectivity index (χ2n) is 28.5. The Bertz CT molecular complexity index is 1960. The Morgan fingerprint density at radius 1 is 0.323 bits per heavy atom. The molecule has 0 spiro atoms. The maximum Gasteiger partial charge on any atom is 0.472 e. The number of aliphatic hydroxyl groups is 1. The van der Waals surface area contributed by atoms with Crippen LogP contribution in [0.5, 0.6) is 0 Å². The molecule has 0 aromatic rings. The van der Waals surface area contributed by atoms with Crippen LogP contribution in [0, 0.1) is 17.8 Å². The molecule has 0 saturated heterocycles. The Morgan fingerprint density at radius 3 is 0.844 bits per heavy atom. The van der Waals surface area contributed by atoms with Gasteiger partial charge < -0.3 is 33.8 Å². The fourth-order valence-electron chi connectivity index (χ4n) is 11.2. The molecule has 0 aliphatic rings. The highest BCUT2D eigenvalue weighted by Gasteiger charge is 2.30. The molecule has 0 aromatic carbocycles. The Hall–Kier alpha value is -2.46. The van der Waals surface area contributed by atoms with E-state index < -0.39 is 97.5 Å². The van der Waals surface area contributed by atoms with Gasteiger partial charge in [0, 0.05) is 25.7 Å². The molecule has 0 heterocycles. The maximum absolute atomic E-state index is 13.1. The fraction of sp³-hybridized carbons (Fsp3) is 0.896. The van der Waals surface area contributed by atoms with Gasteiger partial charge in [-0.05, 0) is 69.1 Å². The highest BCUT2D eigenvalue weighted by molar-refractivity contribution is 7.47. The number of carbonyl (C=O) groups is 4. The number of rotatable bonds is 73. The van der Waals surface area contributed by atoms with Gasteiger partial charge in [-0.15, -0.1) is 0 Å². The van der Waals surface area contributed by atoms with Gasteiger partial charge in [0.15, 0.2) is 12.2 Å². The van der Waals surface area contributed by atoms with Gasteiger partial charge in [0.25, 0.3) is 0 Å². The number of esters is 4. The van der Waals surface area contributed by atoms with Crippen molar-refractivity contribution < 1.29 is 80.2 Å². The van der Waals surface area contributed by atoms with Crippen LogP contribution in [0.3, 0.4) is 0 Å². The Morgan fingerprint density at radius 2 is 0.562 bits per heavy atom. The first-order valence-electron chi connectivity index (χ1n) is 39.2. The van der Waals surface area contributed by atoms with E-state index in [0.29, 0.717) is 37.5 Å². The molecule has 0 radical (unpaired) electrons. The average molecular weight is 1410 g/mol. The molecule has 0 bridgehead atoms. The van der Waals surface area contributed by atoms with Crippen molar-refractivity contribution in [2.45, 2.75) is 388 Å². The number of carbonyl (C=O) groups excluding carboxylic acids is 4. The monoisotopic (exact) mass is 1410 g/mol. The third kappa shape index (κ3) is 70.0. The zero-order valence-electron chi connectivity index (χ0n) is 62.3. The maximum atomic E-state index is 13.1. The van der Waals surface area contributed by atoms with Gasteiger partial charge in [-0.2, -0.15) is 0 Å². The lowest BCUT2D eigenvalue weighted by atomic mass is 10.0. The number of ether oxygens (including phenoxy) is 4. The van der Waals surface area contributed by atoms with Gasteiger partial charge in [0.2, 0.25) is 0 Å². The van der Waals surface area contributed by atoms with Crippen LogP contribution in [0.1, 0.15) is 370 Å². The third-order valence-corrected chi connectivity index (χ3v) is 19.2. The average Bonchev–Trinajstić information content (AvgIpc) is 1.32. The lowest BCUT2D eigenvalue weighted by Gasteiger charge is -2.21. The minimum absolute atomic E-state index is 0.0964. The Labute approximate surface area is 586 Å². The van der Waals surface area contributed by atoms with Crippen molar-refractivity contribution in [3.05, 3.63) is 24.3 Å². The summed E-state index contributed by atoms with van der Waals surface area (Å²) in [7, 11) is -9.92. The molecular formula is C77H146O17P2.